The van der Waals surface area contributed by atoms with Gasteiger partial charge in [-0.05, 0) is 38.1 Å². The molecular weight excluding hydrogens is 354 g/mol. The van der Waals surface area contributed by atoms with Crippen LogP contribution in [0, 0.1) is 13.8 Å². The van der Waals surface area contributed by atoms with Crippen LogP contribution in [0.5, 0.6) is 5.75 Å². The van der Waals surface area contributed by atoms with E-state index < -0.39 is 0 Å². The van der Waals surface area contributed by atoms with Crippen molar-refractivity contribution in [3.8, 4) is 5.75 Å². The van der Waals surface area contributed by atoms with E-state index in [0.29, 0.717) is 18.1 Å². The minimum atomic E-state index is 0.136. The third kappa shape index (κ3) is 4.77. The quantitative estimate of drug-likeness (QED) is 0.774. The number of amides is 1. The summed E-state index contributed by atoms with van der Waals surface area (Å²) in [6.45, 7) is 8.38. The van der Waals surface area contributed by atoms with Gasteiger partial charge in [-0.1, -0.05) is 16.8 Å². The van der Waals surface area contributed by atoms with Crippen LogP contribution in [0.2, 0.25) is 5.02 Å². The number of hydrogen-bond donors (Lipinski definition) is 0. The molecule has 0 saturated carbocycles. The number of piperazine rings is 1. The van der Waals surface area contributed by atoms with Gasteiger partial charge in [-0.2, -0.15) is 0 Å². The first-order valence-electron chi connectivity index (χ1n) is 8.83. The fourth-order valence-electron chi connectivity index (χ4n) is 3.06. The van der Waals surface area contributed by atoms with Gasteiger partial charge in [0.25, 0.3) is 0 Å². The van der Waals surface area contributed by atoms with Crippen molar-refractivity contribution in [2.45, 2.75) is 20.3 Å². The van der Waals surface area contributed by atoms with Crippen LogP contribution in [0.25, 0.3) is 0 Å². The van der Waals surface area contributed by atoms with Crippen LogP contribution in [0.4, 0.5) is 0 Å². The Morgan fingerprint density at radius 1 is 1.19 bits per heavy atom. The van der Waals surface area contributed by atoms with Gasteiger partial charge < -0.3 is 14.2 Å². The molecule has 1 aliphatic rings. The Bertz CT molecular complexity index is 717. The van der Waals surface area contributed by atoms with Gasteiger partial charge in [0.15, 0.2) is 0 Å². The maximum Gasteiger partial charge on any atom is 0.227 e. The SMILES string of the molecule is Cc1noc(C)c1CC(=O)N1CCN(CCOc2ccc(Cl)cc2)CC1. The fourth-order valence-corrected chi connectivity index (χ4v) is 3.19. The van der Waals surface area contributed by atoms with Crippen molar-refractivity contribution in [1.82, 2.24) is 15.0 Å². The lowest BCUT2D eigenvalue weighted by Crippen LogP contribution is -2.50. The van der Waals surface area contributed by atoms with Crippen LogP contribution >= 0.6 is 11.6 Å². The van der Waals surface area contributed by atoms with E-state index >= 15 is 0 Å². The molecule has 0 aliphatic carbocycles. The summed E-state index contributed by atoms with van der Waals surface area (Å²) in [5.74, 6) is 1.69. The van der Waals surface area contributed by atoms with Crippen molar-refractivity contribution < 1.29 is 14.1 Å². The van der Waals surface area contributed by atoms with Crippen molar-refractivity contribution in [2.24, 2.45) is 0 Å². The summed E-state index contributed by atoms with van der Waals surface area (Å²) in [7, 11) is 0. The summed E-state index contributed by atoms with van der Waals surface area (Å²) in [5, 5.41) is 4.62. The normalized spacial score (nSPS) is 15.3. The molecule has 0 unspecified atom stereocenters. The Balaban J connectivity index is 1.39. The van der Waals surface area contributed by atoms with Crippen LogP contribution in [-0.2, 0) is 11.2 Å². The molecular formula is C19H24ClN3O3. The number of rotatable bonds is 6. The molecule has 2 aromatic rings. The molecule has 140 valence electrons. The van der Waals surface area contributed by atoms with Crippen molar-refractivity contribution in [3.63, 3.8) is 0 Å². The third-order valence-electron chi connectivity index (χ3n) is 4.72. The second-order valence-corrected chi connectivity index (χ2v) is 6.94. The van der Waals surface area contributed by atoms with E-state index in [0.717, 1.165) is 55.5 Å². The first-order chi connectivity index (χ1) is 12.5. The minimum absolute atomic E-state index is 0.136. The first-order valence-corrected chi connectivity index (χ1v) is 9.21. The zero-order chi connectivity index (χ0) is 18.5. The van der Waals surface area contributed by atoms with E-state index in [1.807, 2.05) is 43.0 Å². The molecule has 26 heavy (non-hydrogen) atoms. The molecule has 0 N–H and O–H groups in total. The number of benzene rings is 1. The first kappa shape index (κ1) is 18.7. The minimum Gasteiger partial charge on any atom is -0.492 e. The molecule has 0 atom stereocenters. The number of halogens is 1. The lowest BCUT2D eigenvalue weighted by Gasteiger charge is -2.34. The zero-order valence-corrected chi connectivity index (χ0v) is 16.0. The van der Waals surface area contributed by atoms with Gasteiger partial charge in [-0.25, -0.2) is 0 Å². The smallest absolute Gasteiger partial charge is 0.227 e. The highest BCUT2D eigenvalue weighted by Gasteiger charge is 2.23. The lowest BCUT2D eigenvalue weighted by molar-refractivity contribution is -0.132. The van der Waals surface area contributed by atoms with Crippen LogP contribution < -0.4 is 4.74 Å². The van der Waals surface area contributed by atoms with E-state index in [1.54, 1.807) is 0 Å². The van der Waals surface area contributed by atoms with Crippen molar-refractivity contribution in [2.75, 3.05) is 39.3 Å². The third-order valence-corrected chi connectivity index (χ3v) is 4.98. The summed E-state index contributed by atoms with van der Waals surface area (Å²) in [6.07, 6.45) is 0.362. The Morgan fingerprint density at radius 3 is 2.50 bits per heavy atom. The van der Waals surface area contributed by atoms with E-state index in [4.69, 9.17) is 20.9 Å². The Morgan fingerprint density at radius 2 is 1.88 bits per heavy atom. The van der Waals surface area contributed by atoms with Crippen molar-refractivity contribution >= 4 is 17.5 Å². The van der Waals surface area contributed by atoms with Gasteiger partial charge in [0.1, 0.15) is 18.1 Å². The van der Waals surface area contributed by atoms with Crippen molar-refractivity contribution in [1.29, 1.82) is 0 Å². The maximum atomic E-state index is 12.5. The topological polar surface area (TPSA) is 58.8 Å². The van der Waals surface area contributed by atoms with Crippen LogP contribution in [0.3, 0.4) is 0 Å². The number of aromatic nitrogens is 1. The molecule has 3 rings (SSSR count). The van der Waals surface area contributed by atoms with Gasteiger partial charge in [-0.15, -0.1) is 0 Å². The van der Waals surface area contributed by atoms with E-state index in [9.17, 15) is 4.79 Å². The largest absolute Gasteiger partial charge is 0.492 e. The van der Waals surface area contributed by atoms with Gasteiger partial charge in [0.05, 0.1) is 12.1 Å². The summed E-state index contributed by atoms with van der Waals surface area (Å²) >= 11 is 5.86. The maximum absolute atomic E-state index is 12.5. The molecule has 1 aromatic carbocycles. The zero-order valence-electron chi connectivity index (χ0n) is 15.2. The average Bonchev–Trinajstić information content (AvgIpc) is 2.96. The van der Waals surface area contributed by atoms with Gasteiger partial charge in [0.2, 0.25) is 5.91 Å². The monoisotopic (exact) mass is 377 g/mol. The number of aryl methyl sites for hydroxylation is 2. The van der Waals surface area contributed by atoms with Crippen molar-refractivity contribution in [3.05, 3.63) is 46.3 Å². The summed E-state index contributed by atoms with van der Waals surface area (Å²) in [5.41, 5.74) is 1.71. The highest BCUT2D eigenvalue weighted by molar-refractivity contribution is 6.30. The molecule has 2 heterocycles. The summed E-state index contributed by atoms with van der Waals surface area (Å²) in [6, 6.07) is 7.38. The second-order valence-electron chi connectivity index (χ2n) is 6.50. The lowest BCUT2D eigenvalue weighted by atomic mass is 10.1. The van der Waals surface area contributed by atoms with Crippen LogP contribution in [0.1, 0.15) is 17.0 Å². The molecule has 1 fully saturated rings. The van der Waals surface area contributed by atoms with Gasteiger partial charge in [0, 0.05) is 43.3 Å². The summed E-state index contributed by atoms with van der Waals surface area (Å²) < 4.78 is 10.9. The Labute approximate surface area is 158 Å². The number of carbonyl (C=O) groups excluding carboxylic acids is 1. The summed E-state index contributed by atoms with van der Waals surface area (Å²) in [4.78, 5) is 16.7. The highest BCUT2D eigenvalue weighted by Crippen LogP contribution is 2.16. The number of nitrogens with zero attached hydrogens (tertiary/aromatic N) is 3. The average molecular weight is 378 g/mol. The fraction of sp³-hybridized carbons (Fsp3) is 0.474. The number of ether oxygens (including phenoxy) is 1. The molecule has 1 saturated heterocycles. The predicted octanol–water partition coefficient (Wildman–Crippen LogP) is 2.71. The molecule has 0 radical (unpaired) electrons. The van der Waals surface area contributed by atoms with E-state index in [1.165, 1.54) is 0 Å². The molecule has 7 heteroatoms. The standard InChI is InChI=1S/C19H24ClN3O3/c1-14-18(15(2)26-21-14)13-19(24)23-9-7-22(8-10-23)11-12-25-17-5-3-16(20)4-6-17/h3-6H,7-13H2,1-2H3. The second kappa shape index (κ2) is 8.56. The Kier molecular flexibility index (Phi) is 6.16. The van der Waals surface area contributed by atoms with Gasteiger partial charge in [-0.3, -0.25) is 9.69 Å². The predicted molar refractivity (Wildman–Crippen MR) is 99.6 cm³/mol. The molecule has 1 aliphatic heterocycles. The van der Waals surface area contributed by atoms with E-state index in [2.05, 4.69) is 10.1 Å². The van der Waals surface area contributed by atoms with Crippen LogP contribution in [0.15, 0.2) is 28.8 Å². The number of hydrogen-bond acceptors (Lipinski definition) is 5. The van der Waals surface area contributed by atoms with E-state index in [-0.39, 0.29) is 5.91 Å². The molecule has 0 bridgehead atoms. The van der Waals surface area contributed by atoms with Crippen LogP contribution in [-0.4, -0.2) is 60.2 Å². The molecule has 6 nitrogen and oxygen atoms in total. The van der Waals surface area contributed by atoms with Gasteiger partial charge >= 0.3 is 0 Å². The molecule has 1 aromatic heterocycles. The molecule has 1 amide bonds. The highest BCUT2D eigenvalue weighted by atomic mass is 35.5. The number of carbonyl (C=O) groups is 1. The Hall–Kier alpha value is -2.05. The molecule has 0 spiro atoms.